The monoisotopic (exact) mass is 626 g/mol. The molecule has 0 aliphatic carbocycles. The summed E-state index contributed by atoms with van der Waals surface area (Å²) < 4.78 is 0. The maximum atomic E-state index is 5.06. The third-order valence-electron chi connectivity index (χ3n) is 9.14. The predicted molar refractivity (Wildman–Crippen MR) is 201 cm³/mol. The van der Waals surface area contributed by atoms with Crippen LogP contribution >= 0.6 is 0 Å². The Bertz CT molecular complexity index is 2550. The quantitative estimate of drug-likeness (QED) is 0.184. The lowest BCUT2D eigenvalue weighted by Crippen LogP contribution is -1.98. The van der Waals surface area contributed by atoms with Gasteiger partial charge in [-0.2, -0.15) is 4.80 Å². The third-order valence-corrected chi connectivity index (χ3v) is 9.14. The fraction of sp³-hybridized carbons (Fsp3) is 0. The summed E-state index contributed by atoms with van der Waals surface area (Å²) in [5.41, 5.74) is 14.9. The van der Waals surface area contributed by atoms with Crippen LogP contribution in [0, 0.1) is 0 Å². The highest BCUT2D eigenvalue weighted by atomic mass is 15.5. The standard InChI is InChI=1S/C45H30N4/c1-3-9-31(10-4-1)33-15-17-35(18-16-33)39-28-42(37-21-19-34(20-22-37)32-11-5-2-6-12-32)45-44(29-39)47-49(48-45)41-25-23-36(24-26-41)40-27-38-13-7-8-14-43(38)46-30-40/h1-30H. The van der Waals surface area contributed by atoms with Gasteiger partial charge in [-0.15, -0.1) is 10.2 Å². The zero-order chi connectivity index (χ0) is 32.6. The average Bonchev–Trinajstić information content (AvgIpc) is 3.63. The van der Waals surface area contributed by atoms with Crippen LogP contribution in [0.15, 0.2) is 182 Å². The van der Waals surface area contributed by atoms with Crippen LogP contribution in [0.4, 0.5) is 0 Å². The van der Waals surface area contributed by atoms with E-state index < -0.39 is 0 Å². The first-order chi connectivity index (χ1) is 24.2. The van der Waals surface area contributed by atoms with Crippen LogP contribution in [-0.2, 0) is 0 Å². The van der Waals surface area contributed by atoms with Crippen molar-refractivity contribution in [2.75, 3.05) is 0 Å². The largest absolute Gasteiger partial charge is 0.256 e. The van der Waals surface area contributed by atoms with E-state index in [-0.39, 0.29) is 0 Å². The summed E-state index contributed by atoms with van der Waals surface area (Å²) in [6, 6.07) is 61.6. The Labute approximate surface area is 284 Å². The first-order valence-electron chi connectivity index (χ1n) is 16.4. The fourth-order valence-corrected chi connectivity index (χ4v) is 6.50. The normalized spacial score (nSPS) is 11.3. The van der Waals surface area contributed by atoms with Crippen molar-refractivity contribution in [1.82, 2.24) is 20.0 Å². The van der Waals surface area contributed by atoms with E-state index in [0.29, 0.717) is 0 Å². The van der Waals surface area contributed by atoms with Crippen LogP contribution in [0.5, 0.6) is 0 Å². The molecule has 0 bridgehead atoms. The van der Waals surface area contributed by atoms with Gasteiger partial charge in [0.05, 0.1) is 11.2 Å². The Morgan fingerprint density at radius 2 is 0.857 bits per heavy atom. The molecule has 0 N–H and O–H groups in total. The average molecular weight is 627 g/mol. The number of para-hydroxylation sites is 1. The number of hydrogen-bond acceptors (Lipinski definition) is 3. The van der Waals surface area contributed by atoms with Gasteiger partial charge < -0.3 is 0 Å². The maximum absolute atomic E-state index is 5.06. The molecule has 2 aromatic heterocycles. The zero-order valence-corrected chi connectivity index (χ0v) is 26.6. The van der Waals surface area contributed by atoms with Crippen molar-refractivity contribution in [2.24, 2.45) is 0 Å². The van der Waals surface area contributed by atoms with Gasteiger partial charge in [-0.25, -0.2) is 0 Å². The summed E-state index contributed by atoms with van der Waals surface area (Å²) >= 11 is 0. The van der Waals surface area contributed by atoms with E-state index in [2.05, 4.69) is 151 Å². The van der Waals surface area contributed by atoms with E-state index >= 15 is 0 Å². The molecule has 0 aliphatic rings. The molecule has 0 fully saturated rings. The first kappa shape index (κ1) is 28.6. The summed E-state index contributed by atoms with van der Waals surface area (Å²) in [6.45, 7) is 0. The van der Waals surface area contributed by atoms with Crippen LogP contribution in [0.2, 0.25) is 0 Å². The van der Waals surface area contributed by atoms with Crippen molar-refractivity contribution in [3.63, 3.8) is 0 Å². The van der Waals surface area contributed by atoms with Gasteiger partial charge in [0, 0.05) is 22.7 Å². The van der Waals surface area contributed by atoms with Gasteiger partial charge in [0.15, 0.2) is 0 Å². The molecule has 0 aliphatic heterocycles. The molecule has 7 aromatic carbocycles. The van der Waals surface area contributed by atoms with E-state index in [0.717, 1.165) is 61.0 Å². The SMILES string of the molecule is c1ccc(-c2ccc(-c3cc(-c4ccc(-c5ccccc5)cc4)c4nn(-c5ccc(-c6cnc7ccccc7c6)cc5)nc4c3)cc2)cc1. The van der Waals surface area contributed by atoms with E-state index in [1.807, 2.05) is 36.5 Å². The van der Waals surface area contributed by atoms with Gasteiger partial charge in [0.2, 0.25) is 0 Å². The molecule has 0 radical (unpaired) electrons. The van der Waals surface area contributed by atoms with E-state index in [4.69, 9.17) is 10.2 Å². The second kappa shape index (κ2) is 12.2. The molecule has 0 unspecified atom stereocenters. The van der Waals surface area contributed by atoms with Crippen molar-refractivity contribution in [3.8, 4) is 61.3 Å². The molecule has 0 amide bonds. The Balaban J connectivity index is 1.12. The lowest BCUT2D eigenvalue weighted by molar-refractivity contribution is 0.766. The number of benzene rings is 7. The molecule has 9 rings (SSSR count). The summed E-state index contributed by atoms with van der Waals surface area (Å²) in [4.78, 5) is 6.40. The number of pyridine rings is 1. The highest BCUT2D eigenvalue weighted by molar-refractivity contribution is 5.96. The predicted octanol–water partition coefficient (Wildman–Crippen LogP) is 11.3. The summed E-state index contributed by atoms with van der Waals surface area (Å²) in [5, 5.41) is 11.2. The van der Waals surface area contributed by atoms with Gasteiger partial charge in [-0.1, -0.05) is 140 Å². The molecule has 9 aromatic rings. The zero-order valence-electron chi connectivity index (χ0n) is 26.6. The molecule has 0 saturated heterocycles. The molecule has 2 heterocycles. The summed E-state index contributed by atoms with van der Waals surface area (Å²) in [6.07, 6.45) is 1.93. The highest BCUT2D eigenvalue weighted by Crippen LogP contribution is 2.35. The molecule has 4 nitrogen and oxygen atoms in total. The van der Waals surface area contributed by atoms with Gasteiger partial charge in [-0.3, -0.25) is 4.98 Å². The Kier molecular flexibility index (Phi) is 7.10. The molecule has 4 heteroatoms. The third kappa shape index (κ3) is 5.56. The Hall–Kier alpha value is -6.65. The second-order valence-corrected chi connectivity index (χ2v) is 12.2. The minimum atomic E-state index is 0.842. The van der Waals surface area contributed by atoms with Crippen LogP contribution in [0.1, 0.15) is 0 Å². The van der Waals surface area contributed by atoms with Crippen LogP contribution in [0.3, 0.4) is 0 Å². The van der Waals surface area contributed by atoms with Crippen LogP contribution < -0.4 is 0 Å². The highest BCUT2D eigenvalue weighted by Gasteiger charge is 2.15. The Morgan fingerprint density at radius 3 is 1.51 bits per heavy atom. The van der Waals surface area contributed by atoms with E-state index in [1.165, 1.54) is 22.3 Å². The van der Waals surface area contributed by atoms with Crippen LogP contribution in [0.25, 0.3) is 83.3 Å². The molecule has 0 atom stereocenters. The minimum absolute atomic E-state index is 0.842. The van der Waals surface area contributed by atoms with Gasteiger partial charge in [0.25, 0.3) is 0 Å². The van der Waals surface area contributed by atoms with Crippen molar-refractivity contribution in [3.05, 3.63) is 182 Å². The number of fused-ring (bicyclic) bond motifs is 2. The smallest absolute Gasteiger partial charge is 0.121 e. The van der Waals surface area contributed by atoms with Crippen molar-refractivity contribution >= 4 is 21.9 Å². The number of aromatic nitrogens is 4. The fourth-order valence-electron chi connectivity index (χ4n) is 6.50. The van der Waals surface area contributed by atoms with Crippen molar-refractivity contribution in [2.45, 2.75) is 0 Å². The Morgan fingerprint density at radius 1 is 0.347 bits per heavy atom. The molecular formula is C45H30N4. The van der Waals surface area contributed by atoms with Gasteiger partial charge in [-0.05, 0) is 80.9 Å². The van der Waals surface area contributed by atoms with E-state index in [1.54, 1.807) is 4.80 Å². The first-order valence-corrected chi connectivity index (χ1v) is 16.4. The minimum Gasteiger partial charge on any atom is -0.256 e. The lowest BCUT2D eigenvalue weighted by atomic mass is 9.95. The topological polar surface area (TPSA) is 43.6 Å². The second-order valence-electron chi connectivity index (χ2n) is 12.2. The maximum Gasteiger partial charge on any atom is 0.121 e. The van der Waals surface area contributed by atoms with E-state index in [9.17, 15) is 0 Å². The molecular weight excluding hydrogens is 597 g/mol. The van der Waals surface area contributed by atoms with Gasteiger partial charge in [0.1, 0.15) is 11.0 Å². The molecule has 230 valence electrons. The molecule has 49 heavy (non-hydrogen) atoms. The molecule has 0 spiro atoms. The van der Waals surface area contributed by atoms with Gasteiger partial charge >= 0.3 is 0 Å². The summed E-state index contributed by atoms with van der Waals surface area (Å²) in [7, 11) is 0. The number of hydrogen-bond donors (Lipinski definition) is 0. The lowest BCUT2D eigenvalue weighted by Gasteiger charge is -2.09. The molecule has 0 saturated carbocycles. The summed E-state index contributed by atoms with van der Waals surface area (Å²) in [5.74, 6) is 0. The number of nitrogens with zero attached hydrogens (tertiary/aromatic N) is 4. The van der Waals surface area contributed by atoms with Crippen LogP contribution in [-0.4, -0.2) is 20.0 Å². The van der Waals surface area contributed by atoms with Crippen molar-refractivity contribution in [1.29, 1.82) is 0 Å². The number of rotatable bonds is 6. The van der Waals surface area contributed by atoms with Crippen molar-refractivity contribution < 1.29 is 0 Å².